The molecule has 0 bridgehead atoms. The van der Waals surface area contributed by atoms with E-state index >= 15 is 0 Å². The van der Waals surface area contributed by atoms with Crippen LogP contribution >= 0.6 is 7.29 Å². The molecule has 0 heterocycles. The Bertz CT molecular complexity index is 554. The summed E-state index contributed by atoms with van der Waals surface area (Å²) in [5.41, 5.74) is 0. The molecule has 94 valence electrons. The van der Waals surface area contributed by atoms with Gasteiger partial charge in [0.15, 0.2) is 0 Å². The molecule has 18 heavy (non-hydrogen) atoms. The van der Waals surface area contributed by atoms with E-state index in [-0.39, 0.29) is 0 Å². The molecule has 1 atom stereocenters. The Balaban J connectivity index is 2.47. The lowest BCUT2D eigenvalue weighted by molar-refractivity contribution is 0.245. The molecule has 0 saturated carbocycles. The average molecular weight is 263 g/mol. The Morgan fingerprint density at radius 1 is 1.00 bits per heavy atom. The fourth-order valence-electron chi connectivity index (χ4n) is 1.69. The van der Waals surface area contributed by atoms with E-state index in [0.717, 1.165) is 0 Å². The molecule has 2 aromatic rings. The number of ether oxygens (including phenoxy) is 1. The van der Waals surface area contributed by atoms with Gasteiger partial charge in [0.1, 0.15) is 5.75 Å². The molecule has 0 aromatic heterocycles. The molecule has 0 aliphatic rings. The number of rotatable bonds is 4. The molecule has 0 saturated heterocycles. The molecule has 0 amide bonds. The summed E-state index contributed by atoms with van der Waals surface area (Å²) in [6, 6.07) is 15.6. The fourth-order valence-corrected chi connectivity index (χ4v) is 3.38. The van der Waals surface area contributed by atoms with E-state index in [9.17, 15) is 9.77 Å². The second kappa shape index (κ2) is 5.36. The minimum absolute atomic E-state index is 0.525. The van der Waals surface area contributed by atoms with Crippen molar-refractivity contribution in [2.24, 2.45) is 0 Å². The first-order chi connectivity index (χ1) is 8.70. The van der Waals surface area contributed by atoms with Gasteiger partial charge in [-0.2, -0.15) is 0 Å². The number of hydrogen-bond donors (Lipinski definition) is 2. The van der Waals surface area contributed by atoms with Gasteiger partial charge in [0.2, 0.25) is 7.29 Å². The third kappa shape index (κ3) is 2.31. The normalized spacial score (nSPS) is 13.9. The van der Waals surface area contributed by atoms with Crippen LogP contribution in [0.3, 0.4) is 0 Å². The lowest BCUT2D eigenvalue weighted by Gasteiger charge is -2.17. The smallest absolute Gasteiger partial charge is 0.226 e. The van der Waals surface area contributed by atoms with Crippen LogP contribution in [0.5, 0.6) is 5.75 Å². The van der Waals surface area contributed by atoms with E-state index in [2.05, 4.69) is 0 Å². The first-order valence-corrected chi connectivity index (χ1v) is 7.13. The van der Waals surface area contributed by atoms with Gasteiger partial charge in [0.25, 0.3) is 0 Å². The SMILES string of the molecule is COc1ccc(P(=O)(NO)c2ccccc2)cc1. The predicted molar refractivity (Wildman–Crippen MR) is 71.2 cm³/mol. The van der Waals surface area contributed by atoms with Crippen molar-refractivity contribution >= 4 is 17.9 Å². The van der Waals surface area contributed by atoms with Gasteiger partial charge >= 0.3 is 0 Å². The summed E-state index contributed by atoms with van der Waals surface area (Å²) in [6.45, 7) is 0. The lowest BCUT2D eigenvalue weighted by atomic mass is 10.3. The zero-order valence-electron chi connectivity index (χ0n) is 9.91. The Labute approximate surface area is 106 Å². The van der Waals surface area contributed by atoms with Gasteiger partial charge in [-0.05, 0) is 36.4 Å². The van der Waals surface area contributed by atoms with E-state index in [4.69, 9.17) is 4.74 Å². The summed E-state index contributed by atoms with van der Waals surface area (Å²) in [4.78, 5) is 0. The number of benzene rings is 2. The van der Waals surface area contributed by atoms with Crippen molar-refractivity contribution in [2.45, 2.75) is 0 Å². The van der Waals surface area contributed by atoms with E-state index in [1.807, 2.05) is 11.3 Å². The summed E-state index contributed by atoms with van der Waals surface area (Å²) in [7, 11) is -1.62. The monoisotopic (exact) mass is 263 g/mol. The van der Waals surface area contributed by atoms with E-state index in [1.165, 1.54) is 0 Å². The number of hydrogen-bond acceptors (Lipinski definition) is 3. The van der Waals surface area contributed by atoms with Crippen molar-refractivity contribution in [3.05, 3.63) is 54.6 Å². The molecule has 0 spiro atoms. The highest BCUT2D eigenvalue weighted by Crippen LogP contribution is 2.37. The van der Waals surface area contributed by atoms with Crippen molar-refractivity contribution in [2.75, 3.05) is 7.11 Å². The van der Waals surface area contributed by atoms with Crippen LogP contribution in [0.1, 0.15) is 0 Å². The molecule has 0 fully saturated rings. The van der Waals surface area contributed by atoms with Crippen LogP contribution in [0.25, 0.3) is 0 Å². The molecule has 0 aliphatic carbocycles. The summed E-state index contributed by atoms with van der Waals surface area (Å²) >= 11 is 0. The molecular formula is C13H14NO3P. The summed E-state index contributed by atoms with van der Waals surface area (Å²) < 4.78 is 17.8. The summed E-state index contributed by atoms with van der Waals surface area (Å²) in [5.74, 6) is 0.677. The van der Waals surface area contributed by atoms with Crippen molar-refractivity contribution < 1.29 is 14.5 Å². The van der Waals surface area contributed by atoms with Gasteiger partial charge in [0, 0.05) is 10.6 Å². The van der Waals surface area contributed by atoms with Gasteiger partial charge in [-0.25, -0.2) is 0 Å². The zero-order valence-corrected chi connectivity index (χ0v) is 10.8. The van der Waals surface area contributed by atoms with Crippen LogP contribution < -0.4 is 20.6 Å². The van der Waals surface area contributed by atoms with E-state index in [0.29, 0.717) is 16.4 Å². The molecule has 2 rings (SSSR count). The minimum atomic E-state index is -3.19. The molecule has 2 N–H and O–H groups in total. The second-order valence-corrected chi connectivity index (χ2v) is 6.19. The topological polar surface area (TPSA) is 58.6 Å². The molecule has 1 unspecified atom stereocenters. The highest BCUT2D eigenvalue weighted by molar-refractivity contribution is 7.76. The maximum absolute atomic E-state index is 12.8. The van der Waals surface area contributed by atoms with Gasteiger partial charge in [-0.15, -0.1) is 5.25 Å². The molecule has 0 aliphatic heterocycles. The number of methoxy groups -OCH3 is 1. The first-order valence-electron chi connectivity index (χ1n) is 5.42. The van der Waals surface area contributed by atoms with Crippen LogP contribution in [0, 0.1) is 0 Å². The Morgan fingerprint density at radius 3 is 2.06 bits per heavy atom. The molecular weight excluding hydrogens is 249 g/mol. The van der Waals surface area contributed by atoms with Crippen molar-refractivity contribution in [3.63, 3.8) is 0 Å². The van der Waals surface area contributed by atoms with Crippen LogP contribution in [-0.2, 0) is 4.57 Å². The van der Waals surface area contributed by atoms with Crippen molar-refractivity contribution in [1.29, 1.82) is 0 Å². The van der Waals surface area contributed by atoms with Gasteiger partial charge in [0.05, 0.1) is 7.11 Å². The van der Waals surface area contributed by atoms with Crippen LogP contribution in [0.15, 0.2) is 54.6 Å². The standard InChI is InChI=1S/C13H14NO3P/c1-17-11-7-9-13(10-8-11)18(16,14-15)12-5-3-2-4-6-12/h2-10,15H,1H3,(H,14,16). The highest BCUT2D eigenvalue weighted by Gasteiger charge is 2.26. The van der Waals surface area contributed by atoms with Crippen LogP contribution in [0.4, 0.5) is 0 Å². The minimum Gasteiger partial charge on any atom is -0.497 e. The fraction of sp³-hybridized carbons (Fsp3) is 0.0769. The van der Waals surface area contributed by atoms with E-state index < -0.39 is 7.29 Å². The van der Waals surface area contributed by atoms with Gasteiger partial charge < -0.3 is 9.94 Å². The Morgan fingerprint density at radius 2 is 1.56 bits per heavy atom. The number of nitrogens with one attached hydrogen (secondary N) is 1. The van der Waals surface area contributed by atoms with Gasteiger partial charge in [-0.3, -0.25) is 4.57 Å². The third-order valence-electron chi connectivity index (χ3n) is 2.70. The average Bonchev–Trinajstić information content (AvgIpc) is 2.47. The molecule has 4 nitrogen and oxygen atoms in total. The summed E-state index contributed by atoms with van der Waals surface area (Å²) in [5, 5.41) is 12.3. The largest absolute Gasteiger partial charge is 0.497 e. The van der Waals surface area contributed by atoms with Crippen LogP contribution in [0.2, 0.25) is 0 Å². The van der Waals surface area contributed by atoms with E-state index in [1.54, 1.807) is 55.6 Å². The maximum Gasteiger partial charge on any atom is 0.226 e. The molecule has 2 aromatic carbocycles. The van der Waals surface area contributed by atoms with Crippen molar-refractivity contribution in [3.8, 4) is 5.75 Å². The zero-order chi connectivity index (χ0) is 13.0. The summed E-state index contributed by atoms with van der Waals surface area (Å²) in [6.07, 6.45) is 0. The Kier molecular flexibility index (Phi) is 3.82. The Hall–Kier alpha value is -1.61. The third-order valence-corrected chi connectivity index (χ3v) is 5.03. The van der Waals surface area contributed by atoms with Gasteiger partial charge in [-0.1, -0.05) is 18.2 Å². The first kappa shape index (κ1) is 12.8. The maximum atomic E-state index is 12.8. The highest BCUT2D eigenvalue weighted by atomic mass is 31.2. The lowest BCUT2D eigenvalue weighted by Crippen LogP contribution is -2.25. The predicted octanol–water partition coefficient (Wildman–Crippen LogP) is 1.90. The van der Waals surface area contributed by atoms with Crippen LogP contribution in [-0.4, -0.2) is 12.3 Å². The molecule has 0 radical (unpaired) electrons. The second-order valence-electron chi connectivity index (χ2n) is 3.74. The van der Waals surface area contributed by atoms with Crippen molar-refractivity contribution in [1.82, 2.24) is 5.25 Å². The molecule has 5 heteroatoms. The quantitative estimate of drug-likeness (QED) is 0.653.